The number of pyridine rings is 1. The van der Waals surface area contributed by atoms with Crippen molar-refractivity contribution in [3.05, 3.63) is 46.2 Å². The molecule has 1 atom stereocenters. The van der Waals surface area contributed by atoms with Gasteiger partial charge in [-0.2, -0.15) is 10.4 Å². The molecular weight excluding hydrogens is 408 g/mol. The first-order valence-corrected chi connectivity index (χ1v) is 10.7. The molecule has 0 spiro atoms. The van der Waals surface area contributed by atoms with Gasteiger partial charge in [0.25, 0.3) is 0 Å². The van der Waals surface area contributed by atoms with Crippen LogP contribution < -0.4 is 10.2 Å². The van der Waals surface area contributed by atoms with Gasteiger partial charge in [-0.25, -0.2) is 4.79 Å². The van der Waals surface area contributed by atoms with E-state index in [2.05, 4.69) is 26.8 Å². The number of benzene rings is 1. The number of hydrogen-bond acceptors (Lipinski definition) is 5. The number of fused-ring (bicyclic) bond motifs is 5. The van der Waals surface area contributed by atoms with Gasteiger partial charge in [0.05, 0.1) is 35.5 Å². The fourth-order valence-electron chi connectivity index (χ4n) is 4.40. The van der Waals surface area contributed by atoms with Crippen LogP contribution in [0.2, 0.25) is 0 Å². The van der Waals surface area contributed by atoms with Gasteiger partial charge in [-0.15, -0.1) is 0 Å². The number of nitrogens with zero attached hydrogens (tertiary/aromatic N) is 4. The van der Waals surface area contributed by atoms with E-state index in [0.29, 0.717) is 30.1 Å². The number of aromatic carboxylic acids is 1. The summed E-state index contributed by atoms with van der Waals surface area (Å²) in [5.41, 5.74) is 0.702. The van der Waals surface area contributed by atoms with Crippen LogP contribution >= 0.6 is 0 Å². The number of hydrogen-bond donors (Lipinski definition) is 1. The molecule has 1 N–H and O–H groups in total. The molecule has 1 aliphatic carbocycles. The molecular formula is C24H24N4O4. The van der Waals surface area contributed by atoms with Crippen LogP contribution in [-0.4, -0.2) is 32.0 Å². The highest BCUT2D eigenvalue weighted by atomic mass is 16.5. The second kappa shape index (κ2) is 6.70. The maximum atomic E-state index is 12.6. The largest absolute Gasteiger partial charge is 0.490 e. The molecule has 0 radical (unpaired) electrons. The van der Waals surface area contributed by atoms with E-state index in [1.165, 1.54) is 12.3 Å². The molecule has 1 aliphatic heterocycles. The van der Waals surface area contributed by atoms with Crippen molar-refractivity contribution in [2.75, 3.05) is 6.61 Å². The summed E-state index contributed by atoms with van der Waals surface area (Å²) in [6, 6.07) is 9.28. The number of rotatable bonds is 4. The zero-order valence-corrected chi connectivity index (χ0v) is 18.3. The SMILES string of the molecule is CC(C)(C)C1Cn2nc3c(OCC4(C#N)CC4)cccc3c2-c2cc(=O)c(C(=O)O)cn21. The Balaban J connectivity index is 1.69. The standard InChI is InChI=1S/C24H24N4O4/c1-23(2,3)19-11-28-21(16-9-17(29)15(22(30)31)10-27(16)19)14-5-4-6-18(20(14)26-28)32-13-24(12-25)7-8-24/h4-6,9-10,19H,7-8,11,13H2,1-3H3,(H,30,31). The van der Waals surface area contributed by atoms with E-state index in [0.717, 1.165) is 23.9 Å². The molecule has 2 aliphatic rings. The summed E-state index contributed by atoms with van der Waals surface area (Å²) >= 11 is 0. The first-order chi connectivity index (χ1) is 15.1. The Morgan fingerprint density at radius 1 is 1.38 bits per heavy atom. The third kappa shape index (κ3) is 3.08. The molecule has 8 nitrogen and oxygen atoms in total. The van der Waals surface area contributed by atoms with Crippen molar-refractivity contribution in [1.29, 1.82) is 5.26 Å². The van der Waals surface area contributed by atoms with Gasteiger partial charge >= 0.3 is 5.97 Å². The molecule has 1 fully saturated rings. The summed E-state index contributed by atoms with van der Waals surface area (Å²) in [5.74, 6) is -0.627. The van der Waals surface area contributed by atoms with Crippen molar-refractivity contribution >= 4 is 16.9 Å². The minimum atomic E-state index is -1.23. The van der Waals surface area contributed by atoms with E-state index in [9.17, 15) is 20.0 Å². The van der Waals surface area contributed by atoms with Crippen LogP contribution in [0.15, 0.2) is 35.3 Å². The summed E-state index contributed by atoms with van der Waals surface area (Å²) in [5, 5.41) is 24.5. The lowest BCUT2D eigenvalue weighted by atomic mass is 9.85. The second-order valence-electron chi connectivity index (χ2n) is 9.89. The summed E-state index contributed by atoms with van der Waals surface area (Å²) in [6.45, 7) is 7.11. The number of carboxylic acid groups (broad SMARTS) is 1. The molecule has 0 amide bonds. The summed E-state index contributed by atoms with van der Waals surface area (Å²) < 4.78 is 9.82. The van der Waals surface area contributed by atoms with Gasteiger partial charge < -0.3 is 14.4 Å². The van der Waals surface area contributed by atoms with Crippen LogP contribution in [0.4, 0.5) is 0 Å². The average molecular weight is 432 g/mol. The molecule has 32 heavy (non-hydrogen) atoms. The van der Waals surface area contributed by atoms with Crippen LogP contribution in [0.5, 0.6) is 5.75 Å². The molecule has 3 heterocycles. The van der Waals surface area contributed by atoms with Crippen LogP contribution in [0.25, 0.3) is 22.3 Å². The Kier molecular flexibility index (Phi) is 4.25. The quantitative estimate of drug-likeness (QED) is 0.671. The molecule has 8 heteroatoms. The van der Waals surface area contributed by atoms with E-state index < -0.39 is 16.8 Å². The summed E-state index contributed by atoms with van der Waals surface area (Å²) in [6.07, 6.45) is 3.14. The number of carboxylic acids is 1. The Labute approximate surface area is 184 Å². The van der Waals surface area contributed by atoms with Crippen LogP contribution in [0.3, 0.4) is 0 Å². The Hall–Kier alpha value is -3.60. The van der Waals surface area contributed by atoms with Crippen molar-refractivity contribution in [2.45, 2.75) is 46.2 Å². The van der Waals surface area contributed by atoms with E-state index in [4.69, 9.17) is 9.84 Å². The average Bonchev–Trinajstić information content (AvgIpc) is 3.42. The van der Waals surface area contributed by atoms with Crippen molar-refractivity contribution in [3.8, 4) is 23.2 Å². The van der Waals surface area contributed by atoms with E-state index in [-0.39, 0.29) is 17.0 Å². The number of aromatic nitrogens is 3. The van der Waals surface area contributed by atoms with Crippen molar-refractivity contribution in [3.63, 3.8) is 0 Å². The fourth-order valence-corrected chi connectivity index (χ4v) is 4.40. The lowest BCUT2D eigenvalue weighted by Gasteiger charge is -2.38. The Bertz CT molecular complexity index is 1370. The molecule has 3 aromatic rings. The van der Waals surface area contributed by atoms with Gasteiger partial charge in [0.15, 0.2) is 5.43 Å². The van der Waals surface area contributed by atoms with Crippen molar-refractivity contribution in [2.24, 2.45) is 10.8 Å². The van der Waals surface area contributed by atoms with Gasteiger partial charge in [-0.05, 0) is 24.3 Å². The lowest BCUT2D eigenvalue weighted by Crippen LogP contribution is -2.35. The molecule has 0 bridgehead atoms. The third-order valence-corrected chi connectivity index (χ3v) is 6.56. The van der Waals surface area contributed by atoms with E-state index >= 15 is 0 Å². The van der Waals surface area contributed by atoms with Crippen LogP contribution in [0.1, 0.15) is 50.0 Å². The normalized spacial score (nSPS) is 18.5. The molecule has 164 valence electrons. The van der Waals surface area contributed by atoms with Crippen molar-refractivity contribution in [1.82, 2.24) is 14.3 Å². The van der Waals surface area contributed by atoms with Gasteiger partial charge in [0.1, 0.15) is 23.4 Å². The first kappa shape index (κ1) is 20.3. The molecule has 5 rings (SSSR count). The zero-order chi connectivity index (χ0) is 22.8. The van der Waals surface area contributed by atoms with E-state index in [1.807, 2.05) is 27.4 Å². The maximum Gasteiger partial charge on any atom is 0.341 e. The zero-order valence-electron chi connectivity index (χ0n) is 18.3. The van der Waals surface area contributed by atoms with Gasteiger partial charge in [-0.3, -0.25) is 9.48 Å². The highest BCUT2D eigenvalue weighted by Gasteiger charge is 2.44. The smallest absolute Gasteiger partial charge is 0.341 e. The number of carbonyl (C=O) groups is 1. The summed E-state index contributed by atoms with van der Waals surface area (Å²) in [7, 11) is 0. The number of nitriles is 1. The predicted octanol–water partition coefficient (Wildman–Crippen LogP) is 3.85. The molecule has 1 aromatic carbocycles. The minimum absolute atomic E-state index is 0.101. The molecule has 2 aromatic heterocycles. The van der Waals surface area contributed by atoms with Gasteiger partial charge in [-0.1, -0.05) is 32.9 Å². The summed E-state index contributed by atoms with van der Waals surface area (Å²) in [4.78, 5) is 24.2. The Morgan fingerprint density at radius 2 is 2.12 bits per heavy atom. The lowest BCUT2D eigenvalue weighted by molar-refractivity contribution is 0.0693. The van der Waals surface area contributed by atoms with Crippen LogP contribution in [-0.2, 0) is 6.54 Å². The van der Waals surface area contributed by atoms with Crippen molar-refractivity contribution < 1.29 is 14.6 Å². The van der Waals surface area contributed by atoms with Gasteiger partial charge in [0, 0.05) is 17.6 Å². The molecule has 1 saturated carbocycles. The van der Waals surface area contributed by atoms with E-state index in [1.54, 1.807) is 0 Å². The highest BCUT2D eigenvalue weighted by Crippen LogP contribution is 2.46. The maximum absolute atomic E-state index is 12.6. The fraction of sp³-hybridized carbons (Fsp3) is 0.417. The minimum Gasteiger partial charge on any atom is -0.490 e. The van der Waals surface area contributed by atoms with Crippen LogP contribution in [0, 0.1) is 22.2 Å². The second-order valence-corrected chi connectivity index (χ2v) is 9.89. The predicted molar refractivity (Wildman–Crippen MR) is 118 cm³/mol. The highest BCUT2D eigenvalue weighted by molar-refractivity contribution is 5.96. The first-order valence-electron chi connectivity index (χ1n) is 10.7. The van der Waals surface area contributed by atoms with Gasteiger partial charge in [0.2, 0.25) is 0 Å². The topological polar surface area (TPSA) is 110 Å². The Morgan fingerprint density at radius 3 is 2.75 bits per heavy atom. The monoisotopic (exact) mass is 432 g/mol. The number of ether oxygens (including phenoxy) is 1. The molecule has 1 unspecified atom stereocenters. The molecule has 0 saturated heterocycles. The third-order valence-electron chi connectivity index (χ3n) is 6.56.